The van der Waals surface area contributed by atoms with Crippen LogP contribution in [0.25, 0.3) is 0 Å². The highest BCUT2D eigenvalue weighted by Crippen LogP contribution is 2.17. The van der Waals surface area contributed by atoms with Gasteiger partial charge in [-0.3, -0.25) is 9.89 Å². The zero-order chi connectivity index (χ0) is 19.2. The molecule has 1 atom stereocenters. The molecule has 1 aromatic carbocycles. The topological polar surface area (TPSA) is 43.3 Å². The van der Waals surface area contributed by atoms with Crippen LogP contribution in [-0.2, 0) is 17.8 Å². The highest BCUT2D eigenvalue weighted by molar-refractivity contribution is 5.80. The summed E-state index contributed by atoms with van der Waals surface area (Å²) in [6, 6.07) is 5.92. The van der Waals surface area contributed by atoms with Crippen LogP contribution in [0.4, 0.5) is 4.39 Å². The van der Waals surface area contributed by atoms with Crippen LogP contribution in [0.3, 0.4) is 0 Å². The van der Waals surface area contributed by atoms with E-state index >= 15 is 0 Å². The van der Waals surface area contributed by atoms with Crippen LogP contribution in [0.15, 0.2) is 23.2 Å². The number of nitrogens with zero attached hydrogens (tertiary/aromatic N) is 4. The Hall–Kier alpha value is -1.70. The van der Waals surface area contributed by atoms with Crippen molar-refractivity contribution >= 4 is 5.96 Å². The SMILES string of the molecule is CN=C(NCc1ccc(F)c(CN(C)C)c1)N1CCC(N2CCOCC2)C1. The highest BCUT2D eigenvalue weighted by atomic mass is 19.1. The number of likely N-dealkylation sites (tertiary alicyclic amines) is 1. The second-order valence-corrected chi connectivity index (χ2v) is 7.60. The second-order valence-electron chi connectivity index (χ2n) is 7.60. The fraction of sp³-hybridized carbons (Fsp3) is 0.650. The third kappa shape index (κ3) is 5.40. The number of guanidine groups is 1. The molecule has 6 nitrogen and oxygen atoms in total. The molecule has 2 heterocycles. The fourth-order valence-electron chi connectivity index (χ4n) is 3.89. The first-order valence-electron chi connectivity index (χ1n) is 9.76. The van der Waals surface area contributed by atoms with Crippen LogP contribution in [0.1, 0.15) is 17.5 Å². The second kappa shape index (κ2) is 9.48. The Morgan fingerprint density at radius 2 is 2.07 bits per heavy atom. The first-order chi connectivity index (χ1) is 13.1. The summed E-state index contributed by atoms with van der Waals surface area (Å²) < 4.78 is 19.4. The molecule has 0 saturated carbocycles. The van der Waals surface area contributed by atoms with E-state index < -0.39 is 0 Å². The van der Waals surface area contributed by atoms with Gasteiger partial charge in [-0.1, -0.05) is 6.07 Å². The fourth-order valence-corrected chi connectivity index (χ4v) is 3.89. The maximum atomic E-state index is 14.0. The van der Waals surface area contributed by atoms with Crippen molar-refractivity contribution in [3.63, 3.8) is 0 Å². The minimum absolute atomic E-state index is 0.148. The lowest BCUT2D eigenvalue weighted by Crippen LogP contribution is -2.46. The summed E-state index contributed by atoms with van der Waals surface area (Å²) in [5.74, 6) is 0.772. The quantitative estimate of drug-likeness (QED) is 0.620. The minimum atomic E-state index is -0.148. The van der Waals surface area contributed by atoms with Crippen molar-refractivity contribution in [1.29, 1.82) is 0 Å². The van der Waals surface area contributed by atoms with Crippen molar-refractivity contribution in [3.05, 3.63) is 35.1 Å². The molecular formula is C20H32FN5O. The summed E-state index contributed by atoms with van der Waals surface area (Å²) in [5, 5.41) is 3.45. The molecule has 7 heteroatoms. The zero-order valence-corrected chi connectivity index (χ0v) is 16.7. The lowest BCUT2D eigenvalue weighted by molar-refractivity contribution is 0.0195. The molecule has 27 heavy (non-hydrogen) atoms. The standard InChI is InChI=1S/C20H32FN5O/c1-22-20(26-7-6-18(15-26)25-8-10-27-11-9-25)23-13-16-4-5-19(21)17(12-16)14-24(2)3/h4-5,12,18H,6-11,13-15H2,1-3H3,(H,22,23). The summed E-state index contributed by atoms with van der Waals surface area (Å²) in [4.78, 5) is 11.3. The zero-order valence-electron chi connectivity index (χ0n) is 16.7. The van der Waals surface area contributed by atoms with E-state index in [1.165, 1.54) is 0 Å². The van der Waals surface area contributed by atoms with E-state index in [4.69, 9.17) is 4.74 Å². The van der Waals surface area contributed by atoms with Gasteiger partial charge in [0.25, 0.3) is 0 Å². The Kier molecular flexibility index (Phi) is 7.04. The molecule has 2 fully saturated rings. The molecule has 0 aromatic heterocycles. The van der Waals surface area contributed by atoms with Gasteiger partial charge < -0.3 is 19.9 Å². The van der Waals surface area contributed by atoms with E-state index in [-0.39, 0.29) is 5.82 Å². The van der Waals surface area contributed by atoms with E-state index in [0.29, 0.717) is 19.1 Å². The number of nitrogens with one attached hydrogen (secondary N) is 1. The summed E-state index contributed by atoms with van der Waals surface area (Å²) >= 11 is 0. The molecular weight excluding hydrogens is 345 g/mol. The van der Waals surface area contributed by atoms with E-state index in [9.17, 15) is 4.39 Å². The van der Waals surface area contributed by atoms with Gasteiger partial charge in [0.1, 0.15) is 5.82 Å². The van der Waals surface area contributed by atoms with Crippen LogP contribution in [0.5, 0.6) is 0 Å². The van der Waals surface area contributed by atoms with Crippen molar-refractivity contribution in [3.8, 4) is 0 Å². The number of ether oxygens (including phenoxy) is 1. The highest BCUT2D eigenvalue weighted by Gasteiger charge is 2.30. The molecule has 150 valence electrons. The van der Waals surface area contributed by atoms with Crippen LogP contribution in [0, 0.1) is 5.82 Å². The van der Waals surface area contributed by atoms with Crippen molar-refractivity contribution in [2.45, 2.75) is 25.6 Å². The average Bonchev–Trinajstić information content (AvgIpc) is 3.15. The van der Waals surface area contributed by atoms with Gasteiger partial charge in [-0.15, -0.1) is 0 Å². The Balaban J connectivity index is 1.55. The molecule has 2 saturated heterocycles. The summed E-state index contributed by atoms with van der Waals surface area (Å²) in [5.41, 5.74) is 1.79. The molecule has 1 unspecified atom stereocenters. The van der Waals surface area contributed by atoms with E-state index in [1.54, 1.807) is 6.07 Å². The first kappa shape index (κ1) is 20.0. The van der Waals surface area contributed by atoms with E-state index in [2.05, 4.69) is 20.1 Å². The predicted octanol–water partition coefficient (Wildman–Crippen LogP) is 1.37. The monoisotopic (exact) mass is 377 g/mol. The number of benzene rings is 1. The molecule has 2 aliphatic rings. The normalized spacial score (nSPS) is 21.9. The lowest BCUT2D eigenvalue weighted by Gasteiger charge is -2.32. The van der Waals surface area contributed by atoms with Gasteiger partial charge in [-0.2, -0.15) is 0 Å². The lowest BCUT2D eigenvalue weighted by atomic mass is 10.1. The molecule has 0 radical (unpaired) electrons. The third-order valence-corrected chi connectivity index (χ3v) is 5.28. The van der Waals surface area contributed by atoms with Crippen LogP contribution < -0.4 is 5.32 Å². The van der Waals surface area contributed by atoms with Crippen molar-refractivity contribution < 1.29 is 9.13 Å². The van der Waals surface area contributed by atoms with Gasteiger partial charge in [0.15, 0.2) is 5.96 Å². The largest absolute Gasteiger partial charge is 0.379 e. The average molecular weight is 378 g/mol. The maximum Gasteiger partial charge on any atom is 0.193 e. The van der Waals surface area contributed by atoms with Gasteiger partial charge in [-0.05, 0) is 38.2 Å². The summed E-state index contributed by atoms with van der Waals surface area (Å²) in [6.45, 7) is 6.97. The number of hydrogen-bond acceptors (Lipinski definition) is 4. The van der Waals surface area contributed by atoms with Crippen molar-refractivity contribution in [1.82, 2.24) is 20.0 Å². The molecule has 0 aliphatic carbocycles. The molecule has 0 spiro atoms. The van der Waals surface area contributed by atoms with E-state index in [0.717, 1.165) is 62.9 Å². The van der Waals surface area contributed by atoms with Crippen molar-refractivity contribution in [2.24, 2.45) is 4.99 Å². The molecule has 2 aliphatic heterocycles. The van der Waals surface area contributed by atoms with E-state index in [1.807, 2.05) is 38.2 Å². The number of halogens is 1. The molecule has 3 rings (SSSR count). The van der Waals surface area contributed by atoms with Crippen LogP contribution in [-0.4, -0.2) is 87.2 Å². The van der Waals surface area contributed by atoms with Crippen molar-refractivity contribution in [2.75, 3.05) is 60.5 Å². The number of aliphatic imine (C=N–C) groups is 1. The minimum Gasteiger partial charge on any atom is -0.379 e. The molecule has 1 N–H and O–H groups in total. The number of morpholine rings is 1. The van der Waals surface area contributed by atoms with Gasteiger partial charge in [0, 0.05) is 57.9 Å². The molecule has 0 amide bonds. The Labute approximate surface area is 162 Å². The van der Waals surface area contributed by atoms with Gasteiger partial charge >= 0.3 is 0 Å². The summed E-state index contributed by atoms with van der Waals surface area (Å²) in [7, 11) is 5.72. The van der Waals surface area contributed by atoms with Gasteiger partial charge in [0.05, 0.1) is 13.2 Å². The number of hydrogen-bond donors (Lipinski definition) is 1. The third-order valence-electron chi connectivity index (χ3n) is 5.28. The predicted molar refractivity (Wildman–Crippen MR) is 106 cm³/mol. The summed E-state index contributed by atoms with van der Waals surface area (Å²) in [6.07, 6.45) is 1.16. The Morgan fingerprint density at radius 3 is 2.78 bits per heavy atom. The maximum absolute atomic E-state index is 14.0. The van der Waals surface area contributed by atoms with Gasteiger partial charge in [-0.25, -0.2) is 4.39 Å². The van der Waals surface area contributed by atoms with Crippen LogP contribution >= 0.6 is 0 Å². The Morgan fingerprint density at radius 1 is 1.30 bits per heavy atom. The first-order valence-corrected chi connectivity index (χ1v) is 9.76. The molecule has 0 bridgehead atoms. The van der Waals surface area contributed by atoms with Crippen LogP contribution in [0.2, 0.25) is 0 Å². The molecule has 1 aromatic rings. The smallest absolute Gasteiger partial charge is 0.193 e. The Bertz CT molecular complexity index is 645. The van der Waals surface area contributed by atoms with Gasteiger partial charge in [0.2, 0.25) is 0 Å². The number of rotatable bonds is 5.